The van der Waals surface area contributed by atoms with Crippen molar-refractivity contribution in [3.63, 3.8) is 0 Å². The Balaban J connectivity index is 0. The van der Waals surface area contributed by atoms with Gasteiger partial charge in [-0.2, -0.15) is 0 Å². The Bertz CT molecular complexity index is 457. The number of nitrogens with zero attached hydrogens (tertiary/aromatic N) is 1. The van der Waals surface area contributed by atoms with Crippen LogP contribution in [0, 0.1) is 0 Å². The molecule has 2 rings (SSSR count). The van der Waals surface area contributed by atoms with Gasteiger partial charge in [-0.25, -0.2) is 0 Å². The molecule has 126 valence electrons. The van der Waals surface area contributed by atoms with Gasteiger partial charge in [0.15, 0.2) is 0 Å². The summed E-state index contributed by atoms with van der Waals surface area (Å²) in [6.07, 6.45) is 1.20. The van der Waals surface area contributed by atoms with Crippen LogP contribution in [-0.4, -0.2) is 31.2 Å². The third-order valence-electron chi connectivity index (χ3n) is 3.46. The Morgan fingerprint density at radius 3 is 1.55 bits per heavy atom. The van der Waals surface area contributed by atoms with Crippen molar-refractivity contribution in [1.82, 2.24) is 4.90 Å². The van der Waals surface area contributed by atoms with Crippen LogP contribution in [0.5, 0.6) is 0 Å². The van der Waals surface area contributed by atoms with Crippen LogP contribution in [0.25, 0.3) is 0 Å². The van der Waals surface area contributed by atoms with Crippen LogP contribution in [0.15, 0.2) is 60.7 Å². The summed E-state index contributed by atoms with van der Waals surface area (Å²) in [6.45, 7) is 2.31. The molecule has 0 aliphatic carbocycles. The molecule has 0 radical (unpaired) electrons. The Labute approximate surface area is 162 Å². The van der Waals surface area contributed by atoms with Crippen molar-refractivity contribution >= 4 is 30.9 Å². The van der Waals surface area contributed by atoms with Gasteiger partial charge in [-0.1, -0.05) is 60.7 Å². The largest absolute Gasteiger partial charge is 1.00 e. The summed E-state index contributed by atoms with van der Waals surface area (Å²) in [4.78, 5) is 2.31. The molecular formula is C17H23Cl2NPPd-. The molecule has 22 heavy (non-hydrogen) atoms. The normalized spacial score (nSPS) is 11.1. The van der Waals surface area contributed by atoms with E-state index in [9.17, 15) is 0 Å². The molecule has 2 aromatic rings. The molecule has 0 heterocycles. The SMILES string of the molecule is CC(CP(c1ccccc1)c1ccccc1)N(C)C.Cl.[Cl-].[Pd]. The molecule has 1 unspecified atom stereocenters. The summed E-state index contributed by atoms with van der Waals surface area (Å²) < 4.78 is 0. The van der Waals surface area contributed by atoms with Crippen LogP contribution < -0.4 is 23.0 Å². The number of halogens is 2. The number of hydrogen-bond donors (Lipinski definition) is 0. The summed E-state index contributed by atoms with van der Waals surface area (Å²) in [5.74, 6) is 0. The van der Waals surface area contributed by atoms with Crippen LogP contribution in [-0.2, 0) is 20.4 Å². The van der Waals surface area contributed by atoms with E-state index in [0.29, 0.717) is 6.04 Å². The Hall–Kier alpha value is 0.0723. The number of benzene rings is 2. The van der Waals surface area contributed by atoms with E-state index in [0.717, 1.165) is 0 Å². The molecule has 0 amide bonds. The van der Waals surface area contributed by atoms with Crippen molar-refractivity contribution in [1.29, 1.82) is 0 Å². The first-order valence-corrected chi connectivity index (χ1v) is 8.25. The third kappa shape index (κ3) is 7.10. The van der Waals surface area contributed by atoms with Gasteiger partial charge in [0.25, 0.3) is 0 Å². The molecule has 0 aromatic heterocycles. The summed E-state index contributed by atoms with van der Waals surface area (Å²) in [7, 11) is 4.06. The van der Waals surface area contributed by atoms with E-state index in [2.05, 4.69) is 86.6 Å². The first-order chi connectivity index (χ1) is 9.18. The zero-order valence-corrected chi connectivity index (χ0v) is 17.1. The minimum Gasteiger partial charge on any atom is -1.00 e. The fourth-order valence-electron chi connectivity index (χ4n) is 2.00. The first kappa shape index (κ1) is 24.3. The second-order valence-electron chi connectivity index (χ2n) is 5.09. The van der Waals surface area contributed by atoms with Crippen molar-refractivity contribution in [3.05, 3.63) is 60.7 Å². The Morgan fingerprint density at radius 2 is 1.23 bits per heavy atom. The molecule has 0 N–H and O–H groups in total. The van der Waals surface area contributed by atoms with E-state index in [4.69, 9.17) is 0 Å². The van der Waals surface area contributed by atoms with Gasteiger partial charge in [0.1, 0.15) is 0 Å². The van der Waals surface area contributed by atoms with E-state index >= 15 is 0 Å². The Kier molecular flexibility index (Phi) is 13.8. The molecule has 0 aliphatic heterocycles. The maximum atomic E-state index is 2.31. The summed E-state index contributed by atoms with van der Waals surface area (Å²) in [5.41, 5.74) is 0. The molecular weight excluding hydrogens is 426 g/mol. The molecule has 0 saturated carbocycles. The zero-order chi connectivity index (χ0) is 13.7. The van der Waals surface area contributed by atoms with Crippen molar-refractivity contribution in [2.24, 2.45) is 0 Å². The van der Waals surface area contributed by atoms with Crippen molar-refractivity contribution < 1.29 is 32.8 Å². The molecule has 2 aromatic carbocycles. The van der Waals surface area contributed by atoms with Gasteiger partial charge in [0, 0.05) is 26.5 Å². The topological polar surface area (TPSA) is 3.24 Å². The van der Waals surface area contributed by atoms with Crippen LogP contribution in [0.1, 0.15) is 6.92 Å². The fraction of sp³-hybridized carbons (Fsp3) is 0.294. The standard InChI is InChI=1S/C17H22NP.2ClH.Pd/c1-15(18(2)3)14-19(16-10-6-4-7-11-16)17-12-8-5-9-13-17;;;/h4-13,15H,14H2,1-3H3;2*1H;/p-1. The van der Waals surface area contributed by atoms with Gasteiger partial charge in [-0.15, -0.1) is 12.4 Å². The van der Waals surface area contributed by atoms with Crippen LogP contribution >= 0.6 is 20.3 Å². The molecule has 1 nitrogen and oxygen atoms in total. The minimum atomic E-state index is -0.264. The van der Waals surface area contributed by atoms with E-state index < -0.39 is 0 Å². The molecule has 0 fully saturated rings. The van der Waals surface area contributed by atoms with E-state index in [-0.39, 0.29) is 53.2 Å². The van der Waals surface area contributed by atoms with E-state index in [1.165, 1.54) is 16.8 Å². The van der Waals surface area contributed by atoms with Crippen molar-refractivity contribution in [3.8, 4) is 0 Å². The zero-order valence-electron chi connectivity index (χ0n) is 13.1. The molecule has 0 saturated heterocycles. The molecule has 5 heteroatoms. The smallest absolute Gasteiger partial charge is 0.0106 e. The van der Waals surface area contributed by atoms with Crippen molar-refractivity contribution in [2.75, 3.05) is 20.3 Å². The van der Waals surface area contributed by atoms with E-state index in [1.807, 2.05) is 0 Å². The monoisotopic (exact) mass is 448 g/mol. The summed E-state index contributed by atoms with van der Waals surface area (Å²) in [5, 5.41) is 2.94. The molecule has 0 spiro atoms. The maximum absolute atomic E-state index is 2.31. The van der Waals surface area contributed by atoms with E-state index in [1.54, 1.807) is 0 Å². The van der Waals surface area contributed by atoms with Gasteiger partial charge in [0.05, 0.1) is 0 Å². The Morgan fingerprint density at radius 1 is 0.864 bits per heavy atom. The fourth-order valence-corrected chi connectivity index (χ4v) is 4.64. The van der Waals surface area contributed by atoms with Crippen LogP contribution in [0.2, 0.25) is 0 Å². The third-order valence-corrected chi connectivity index (χ3v) is 6.20. The summed E-state index contributed by atoms with van der Waals surface area (Å²) >= 11 is 0. The number of rotatable bonds is 5. The van der Waals surface area contributed by atoms with Crippen LogP contribution in [0.3, 0.4) is 0 Å². The molecule has 0 aliphatic rings. The quantitative estimate of drug-likeness (QED) is 0.475. The number of hydrogen-bond acceptors (Lipinski definition) is 1. The summed E-state index contributed by atoms with van der Waals surface area (Å²) in [6, 6.07) is 22.4. The first-order valence-electron chi connectivity index (χ1n) is 6.72. The van der Waals surface area contributed by atoms with Gasteiger partial charge in [-0.3, -0.25) is 0 Å². The molecule has 1 atom stereocenters. The second kappa shape index (κ2) is 12.5. The predicted octanol–water partition coefficient (Wildman–Crippen LogP) is 0.493. The van der Waals surface area contributed by atoms with Gasteiger partial charge in [0.2, 0.25) is 0 Å². The second-order valence-corrected chi connectivity index (χ2v) is 7.35. The molecule has 0 bridgehead atoms. The predicted molar refractivity (Wildman–Crippen MR) is 94.3 cm³/mol. The van der Waals surface area contributed by atoms with Gasteiger partial charge in [-0.05, 0) is 45.7 Å². The van der Waals surface area contributed by atoms with Crippen LogP contribution in [0.4, 0.5) is 0 Å². The van der Waals surface area contributed by atoms with Crippen molar-refractivity contribution in [2.45, 2.75) is 13.0 Å². The average molecular weight is 450 g/mol. The minimum absolute atomic E-state index is 0. The average Bonchev–Trinajstić information content (AvgIpc) is 2.46. The van der Waals surface area contributed by atoms with Gasteiger partial charge >= 0.3 is 0 Å². The maximum Gasteiger partial charge on any atom is 0.0106 e. The van der Waals surface area contributed by atoms with Gasteiger partial charge < -0.3 is 17.3 Å².